The second kappa shape index (κ2) is 5.41. The average molecular weight is 272 g/mol. The van der Waals surface area contributed by atoms with Crippen LogP contribution in [0.3, 0.4) is 0 Å². The Bertz CT molecular complexity index is 431. The molecule has 2 nitrogen and oxygen atoms in total. The van der Waals surface area contributed by atoms with Crippen LogP contribution in [0.2, 0.25) is 0 Å². The highest BCUT2D eigenvalue weighted by Crippen LogP contribution is 2.31. The molecule has 0 amide bonds. The number of piperidine rings is 1. The van der Waals surface area contributed by atoms with Crippen molar-refractivity contribution in [1.29, 1.82) is 0 Å². The van der Waals surface area contributed by atoms with Gasteiger partial charge in [0.05, 0.1) is 0 Å². The van der Waals surface area contributed by atoms with E-state index in [1.807, 2.05) is 36.1 Å². The summed E-state index contributed by atoms with van der Waals surface area (Å²) in [6.07, 6.45) is -4.41. The Morgan fingerprint density at radius 3 is 2.68 bits per heavy atom. The van der Waals surface area contributed by atoms with E-state index >= 15 is 0 Å². The van der Waals surface area contributed by atoms with Crippen molar-refractivity contribution < 1.29 is 13.2 Å². The van der Waals surface area contributed by atoms with Gasteiger partial charge in [0.25, 0.3) is 0 Å². The molecule has 1 aromatic carbocycles. The molecule has 2 atom stereocenters. The highest BCUT2D eigenvalue weighted by Gasteiger charge is 2.35. The fourth-order valence-electron chi connectivity index (χ4n) is 2.76. The predicted octanol–water partition coefficient (Wildman–Crippen LogP) is 3.10. The van der Waals surface area contributed by atoms with E-state index in [-0.39, 0.29) is 6.04 Å². The Balaban J connectivity index is 2.09. The first-order valence-corrected chi connectivity index (χ1v) is 6.47. The number of nitrogens with zero attached hydrogens (tertiary/aromatic N) is 1. The SMILES string of the molecule is Cc1cccc(N2CC(N)CC(CC(F)(F)F)C2)c1. The highest BCUT2D eigenvalue weighted by molar-refractivity contribution is 5.49. The monoisotopic (exact) mass is 272 g/mol. The summed E-state index contributed by atoms with van der Waals surface area (Å²) >= 11 is 0. The van der Waals surface area contributed by atoms with E-state index in [1.54, 1.807) is 0 Å². The minimum absolute atomic E-state index is 0.193. The van der Waals surface area contributed by atoms with Gasteiger partial charge >= 0.3 is 6.18 Å². The van der Waals surface area contributed by atoms with Crippen molar-refractivity contribution in [1.82, 2.24) is 0 Å². The van der Waals surface area contributed by atoms with E-state index in [4.69, 9.17) is 5.73 Å². The molecule has 0 aliphatic carbocycles. The molecule has 1 saturated heterocycles. The maximum atomic E-state index is 12.5. The molecule has 1 fully saturated rings. The molecule has 1 heterocycles. The molecule has 0 saturated carbocycles. The van der Waals surface area contributed by atoms with Crippen LogP contribution in [0.4, 0.5) is 18.9 Å². The zero-order chi connectivity index (χ0) is 14.0. The molecular formula is C14H19F3N2. The number of benzene rings is 1. The van der Waals surface area contributed by atoms with Crippen LogP contribution in [0, 0.1) is 12.8 Å². The number of hydrogen-bond acceptors (Lipinski definition) is 2. The topological polar surface area (TPSA) is 29.3 Å². The summed E-state index contributed by atoms with van der Waals surface area (Å²) in [7, 11) is 0. The Labute approximate surface area is 111 Å². The van der Waals surface area contributed by atoms with Crippen LogP contribution in [0.1, 0.15) is 18.4 Å². The first kappa shape index (κ1) is 14.2. The van der Waals surface area contributed by atoms with Gasteiger partial charge in [0, 0.05) is 31.2 Å². The fraction of sp³-hybridized carbons (Fsp3) is 0.571. The average Bonchev–Trinajstić information content (AvgIpc) is 2.25. The number of alkyl halides is 3. The van der Waals surface area contributed by atoms with Gasteiger partial charge in [0.15, 0.2) is 0 Å². The quantitative estimate of drug-likeness (QED) is 0.896. The molecular weight excluding hydrogens is 253 g/mol. The Kier molecular flexibility index (Phi) is 4.04. The molecule has 0 spiro atoms. The van der Waals surface area contributed by atoms with E-state index in [0.717, 1.165) is 11.3 Å². The van der Waals surface area contributed by atoms with Crippen LogP contribution in [0.25, 0.3) is 0 Å². The van der Waals surface area contributed by atoms with Crippen molar-refractivity contribution >= 4 is 5.69 Å². The van der Waals surface area contributed by atoms with Crippen molar-refractivity contribution in [3.05, 3.63) is 29.8 Å². The Hall–Kier alpha value is -1.23. The second-order valence-corrected chi connectivity index (χ2v) is 5.43. The van der Waals surface area contributed by atoms with Gasteiger partial charge in [-0.15, -0.1) is 0 Å². The molecule has 1 aromatic rings. The number of halogens is 3. The lowest BCUT2D eigenvalue weighted by molar-refractivity contribution is -0.145. The molecule has 19 heavy (non-hydrogen) atoms. The second-order valence-electron chi connectivity index (χ2n) is 5.43. The number of hydrogen-bond donors (Lipinski definition) is 1. The van der Waals surface area contributed by atoms with Crippen LogP contribution in [-0.4, -0.2) is 25.3 Å². The van der Waals surface area contributed by atoms with Gasteiger partial charge < -0.3 is 10.6 Å². The minimum atomic E-state index is -4.11. The van der Waals surface area contributed by atoms with Gasteiger partial charge in [-0.3, -0.25) is 0 Å². The standard InChI is InChI=1S/C14H19F3N2/c1-10-3-2-4-13(5-10)19-8-11(6-12(18)9-19)7-14(15,16)17/h2-5,11-12H,6-9,18H2,1H3. The maximum Gasteiger partial charge on any atom is 0.389 e. The fourth-order valence-corrected chi connectivity index (χ4v) is 2.76. The summed E-state index contributed by atoms with van der Waals surface area (Å²) in [4.78, 5) is 1.97. The van der Waals surface area contributed by atoms with Crippen LogP contribution in [0.5, 0.6) is 0 Å². The smallest absolute Gasteiger partial charge is 0.370 e. The molecule has 0 bridgehead atoms. The van der Waals surface area contributed by atoms with Crippen molar-refractivity contribution in [3.63, 3.8) is 0 Å². The van der Waals surface area contributed by atoms with Crippen LogP contribution in [0.15, 0.2) is 24.3 Å². The molecule has 1 aliphatic heterocycles. The number of anilines is 1. The molecule has 2 unspecified atom stereocenters. The largest absolute Gasteiger partial charge is 0.389 e. The van der Waals surface area contributed by atoms with E-state index in [2.05, 4.69) is 0 Å². The highest BCUT2D eigenvalue weighted by atomic mass is 19.4. The summed E-state index contributed by atoms with van der Waals surface area (Å²) in [5.74, 6) is -0.413. The third-order valence-corrected chi connectivity index (χ3v) is 3.46. The van der Waals surface area contributed by atoms with E-state index in [0.29, 0.717) is 19.5 Å². The zero-order valence-corrected chi connectivity index (χ0v) is 11.0. The molecule has 0 radical (unpaired) electrons. The lowest BCUT2D eigenvalue weighted by Gasteiger charge is -2.38. The molecule has 106 valence electrons. The summed E-state index contributed by atoms with van der Waals surface area (Å²) in [6.45, 7) is 3.02. The number of aryl methyl sites for hydroxylation is 1. The first-order chi connectivity index (χ1) is 8.83. The summed E-state index contributed by atoms with van der Waals surface area (Å²) in [5, 5.41) is 0. The van der Waals surface area contributed by atoms with Crippen molar-refractivity contribution in [2.45, 2.75) is 32.0 Å². The summed E-state index contributed by atoms with van der Waals surface area (Å²) in [6, 6.07) is 7.62. The van der Waals surface area contributed by atoms with Crippen LogP contribution < -0.4 is 10.6 Å². The van der Waals surface area contributed by atoms with Gasteiger partial charge in [0.1, 0.15) is 0 Å². The maximum absolute atomic E-state index is 12.5. The third-order valence-electron chi connectivity index (χ3n) is 3.46. The third kappa shape index (κ3) is 4.13. The predicted molar refractivity (Wildman–Crippen MR) is 70.1 cm³/mol. The summed E-state index contributed by atoms with van der Waals surface area (Å²) < 4.78 is 37.5. The van der Waals surface area contributed by atoms with Gasteiger partial charge in [-0.2, -0.15) is 13.2 Å². The van der Waals surface area contributed by atoms with Crippen molar-refractivity contribution in [2.75, 3.05) is 18.0 Å². The number of rotatable bonds is 2. The number of nitrogens with two attached hydrogens (primary N) is 1. The molecule has 2 rings (SSSR count). The lowest BCUT2D eigenvalue weighted by atomic mass is 9.91. The normalized spacial score (nSPS) is 24.6. The van der Waals surface area contributed by atoms with Gasteiger partial charge in [0.2, 0.25) is 0 Å². The molecule has 5 heteroatoms. The van der Waals surface area contributed by atoms with Gasteiger partial charge in [-0.1, -0.05) is 12.1 Å². The van der Waals surface area contributed by atoms with E-state index in [1.165, 1.54) is 0 Å². The van der Waals surface area contributed by atoms with Crippen LogP contribution >= 0.6 is 0 Å². The van der Waals surface area contributed by atoms with Gasteiger partial charge in [-0.05, 0) is 37.0 Å². The van der Waals surface area contributed by atoms with Crippen LogP contribution in [-0.2, 0) is 0 Å². The Morgan fingerprint density at radius 2 is 2.05 bits per heavy atom. The van der Waals surface area contributed by atoms with E-state index < -0.39 is 18.5 Å². The Morgan fingerprint density at radius 1 is 1.32 bits per heavy atom. The summed E-state index contributed by atoms with van der Waals surface area (Å²) in [5.41, 5.74) is 7.96. The molecule has 0 aromatic heterocycles. The van der Waals surface area contributed by atoms with Crippen molar-refractivity contribution in [3.8, 4) is 0 Å². The van der Waals surface area contributed by atoms with E-state index in [9.17, 15) is 13.2 Å². The van der Waals surface area contributed by atoms with Gasteiger partial charge in [-0.25, -0.2) is 0 Å². The first-order valence-electron chi connectivity index (χ1n) is 6.47. The molecule has 1 aliphatic rings. The minimum Gasteiger partial charge on any atom is -0.370 e. The van der Waals surface area contributed by atoms with Crippen molar-refractivity contribution in [2.24, 2.45) is 11.7 Å². The lowest BCUT2D eigenvalue weighted by Crippen LogP contribution is -2.48. The molecule has 2 N–H and O–H groups in total. The zero-order valence-electron chi connectivity index (χ0n) is 11.0.